The summed E-state index contributed by atoms with van der Waals surface area (Å²) in [6.07, 6.45) is 3.66. The van der Waals surface area contributed by atoms with E-state index in [4.69, 9.17) is 13.9 Å². The molecule has 2 saturated heterocycles. The van der Waals surface area contributed by atoms with Crippen molar-refractivity contribution in [3.63, 3.8) is 0 Å². The molecule has 0 saturated carbocycles. The van der Waals surface area contributed by atoms with Crippen molar-refractivity contribution < 1.29 is 23.5 Å². The van der Waals surface area contributed by atoms with E-state index in [1.807, 2.05) is 4.57 Å². The van der Waals surface area contributed by atoms with Crippen LogP contribution in [0.1, 0.15) is 18.6 Å². The van der Waals surface area contributed by atoms with Gasteiger partial charge in [-0.3, -0.25) is 14.7 Å². The van der Waals surface area contributed by atoms with Crippen molar-refractivity contribution >= 4 is 29.6 Å². The van der Waals surface area contributed by atoms with Gasteiger partial charge < -0.3 is 24.1 Å². The number of rotatable bonds is 8. The molecule has 2 aliphatic heterocycles. The lowest BCUT2D eigenvalue weighted by atomic mass is 10.2. The summed E-state index contributed by atoms with van der Waals surface area (Å²) in [7, 11) is 0. The van der Waals surface area contributed by atoms with Crippen LogP contribution in [0.25, 0.3) is 0 Å². The number of carbonyl (C=O) groups excluding carboxylic acids is 2. The average Bonchev–Trinajstić information content (AvgIpc) is 3.55. The van der Waals surface area contributed by atoms with Crippen LogP contribution in [0.15, 0.2) is 28.0 Å². The third-order valence-corrected chi connectivity index (χ3v) is 5.96. The van der Waals surface area contributed by atoms with Crippen LogP contribution in [0.3, 0.4) is 0 Å². The van der Waals surface area contributed by atoms with Crippen LogP contribution in [0, 0.1) is 0 Å². The fourth-order valence-corrected chi connectivity index (χ4v) is 4.20. The molecule has 2 N–H and O–H groups in total. The van der Waals surface area contributed by atoms with E-state index in [1.54, 1.807) is 12.1 Å². The molecule has 4 heterocycles. The lowest BCUT2D eigenvalue weighted by Crippen LogP contribution is -2.40. The second kappa shape index (κ2) is 10.6. The van der Waals surface area contributed by atoms with Crippen molar-refractivity contribution in [2.45, 2.75) is 37.2 Å². The van der Waals surface area contributed by atoms with Crippen molar-refractivity contribution in [1.29, 1.82) is 0 Å². The van der Waals surface area contributed by atoms with Crippen LogP contribution in [-0.4, -0.2) is 71.5 Å². The molecule has 2 aromatic heterocycles. The number of thioether (sulfide) groups is 1. The normalized spacial score (nSPS) is 18.8. The maximum absolute atomic E-state index is 12.2. The Morgan fingerprint density at radius 1 is 1.23 bits per heavy atom. The predicted octanol–water partition coefficient (Wildman–Crippen LogP) is 1.00. The minimum absolute atomic E-state index is 0.0426. The number of anilines is 1. The van der Waals surface area contributed by atoms with Crippen molar-refractivity contribution in [3.8, 4) is 0 Å². The molecular weight excluding hydrogens is 424 g/mol. The molecule has 0 aliphatic carbocycles. The van der Waals surface area contributed by atoms with E-state index in [1.165, 1.54) is 18.0 Å². The molecule has 2 aromatic rings. The Morgan fingerprint density at radius 3 is 2.84 bits per heavy atom. The van der Waals surface area contributed by atoms with Gasteiger partial charge in [0.15, 0.2) is 5.16 Å². The Bertz CT molecular complexity index is 861. The van der Waals surface area contributed by atoms with E-state index >= 15 is 0 Å². The Labute approximate surface area is 183 Å². The molecule has 0 aromatic carbocycles. The molecule has 4 rings (SSSR count). The molecule has 0 spiro atoms. The van der Waals surface area contributed by atoms with Gasteiger partial charge in [-0.2, -0.15) is 0 Å². The zero-order valence-electron chi connectivity index (χ0n) is 17.1. The predicted molar refractivity (Wildman–Crippen MR) is 112 cm³/mol. The standard InChI is InChI=1S/C19H26N6O5S/c26-16(21-17(27)20-11-14-3-1-7-29-14)13-31-19-23-22-18(24-5-9-28-10-6-24)25(19)12-15-4-2-8-30-15/h1,3,7,15H,2,4-6,8-13H2,(H2,20,21,26,27). The van der Waals surface area contributed by atoms with Gasteiger partial charge in [0.25, 0.3) is 0 Å². The summed E-state index contributed by atoms with van der Waals surface area (Å²) in [5.41, 5.74) is 0. The number of morpholine rings is 1. The second-order valence-corrected chi connectivity index (χ2v) is 8.17. The minimum atomic E-state index is -0.572. The Balaban J connectivity index is 1.33. The zero-order valence-corrected chi connectivity index (χ0v) is 17.9. The van der Waals surface area contributed by atoms with E-state index in [2.05, 4.69) is 25.7 Å². The van der Waals surface area contributed by atoms with Crippen LogP contribution in [-0.2, 0) is 27.4 Å². The van der Waals surface area contributed by atoms with Crippen molar-refractivity contribution in [2.75, 3.05) is 43.6 Å². The molecule has 3 amide bonds. The van der Waals surface area contributed by atoms with E-state index in [9.17, 15) is 9.59 Å². The molecule has 2 aliphatic rings. The van der Waals surface area contributed by atoms with Crippen LogP contribution in [0.5, 0.6) is 0 Å². The van der Waals surface area contributed by atoms with E-state index in [0.717, 1.165) is 38.5 Å². The Hall–Kier alpha value is -2.57. The quantitative estimate of drug-likeness (QED) is 0.567. The first-order valence-electron chi connectivity index (χ1n) is 10.3. The first kappa shape index (κ1) is 21.7. The minimum Gasteiger partial charge on any atom is -0.467 e. The van der Waals surface area contributed by atoms with Gasteiger partial charge in [0.05, 0.1) is 44.4 Å². The molecule has 0 bridgehead atoms. The lowest BCUT2D eigenvalue weighted by Gasteiger charge is -2.28. The molecule has 168 valence electrons. The topological polar surface area (TPSA) is 124 Å². The molecule has 1 unspecified atom stereocenters. The molecule has 1 atom stereocenters. The first-order chi connectivity index (χ1) is 15.2. The lowest BCUT2D eigenvalue weighted by molar-refractivity contribution is -0.117. The number of nitrogens with zero attached hydrogens (tertiary/aromatic N) is 4. The van der Waals surface area contributed by atoms with Gasteiger partial charge in [0.2, 0.25) is 11.9 Å². The fourth-order valence-electron chi connectivity index (χ4n) is 3.45. The summed E-state index contributed by atoms with van der Waals surface area (Å²) in [6, 6.07) is 2.90. The van der Waals surface area contributed by atoms with E-state index in [-0.39, 0.29) is 18.4 Å². The van der Waals surface area contributed by atoms with E-state index in [0.29, 0.717) is 30.7 Å². The number of ether oxygens (including phenoxy) is 2. The molecular formula is C19H26N6O5S. The third-order valence-electron chi connectivity index (χ3n) is 4.99. The smallest absolute Gasteiger partial charge is 0.321 e. The van der Waals surface area contributed by atoms with Crippen LogP contribution < -0.4 is 15.5 Å². The second-order valence-electron chi connectivity index (χ2n) is 7.23. The molecule has 2 fully saturated rings. The average molecular weight is 451 g/mol. The zero-order chi connectivity index (χ0) is 21.5. The first-order valence-corrected chi connectivity index (χ1v) is 11.3. The van der Waals surface area contributed by atoms with Gasteiger partial charge in [-0.25, -0.2) is 4.79 Å². The number of imide groups is 1. The largest absolute Gasteiger partial charge is 0.467 e. The summed E-state index contributed by atoms with van der Waals surface area (Å²) >= 11 is 1.25. The number of hydrogen-bond donors (Lipinski definition) is 2. The Kier molecular flexibility index (Phi) is 7.43. The van der Waals surface area contributed by atoms with Crippen LogP contribution >= 0.6 is 11.8 Å². The summed E-state index contributed by atoms with van der Waals surface area (Å²) in [4.78, 5) is 26.3. The number of nitrogens with one attached hydrogen (secondary N) is 2. The maximum Gasteiger partial charge on any atom is 0.321 e. The molecule has 31 heavy (non-hydrogen) atoms. The van der Waals surface area contributed by atoms with Crippen molar-refractivity contribution in [3.05, 3.63) is 24.2 Å². The van der Waals surface area contributed by atoms with Gasteiger partial charge in [-0.1, -0.05) is 11.8 Å². The molecule has 0 radical (unpaired) electrons. The van der Waals surface area contributed by atoms with E-state index < -0.39 is 11.9 Å². The van der Waals surface area contributed by atoms with Gasteiger partial charge >= 0.3 is 6.03 Å². The maximum atomic E-state index is 12.2. The van der Waals surface area contributed by atoms with Gasteiger partial charge in [-0.05, 0) is 25.0 Å². The third kappa shape index (κ3) is 5.99. The van der Waals surface area contributed by atoms with Gasteiger partial charge in [0, 0.05) is 19.7 Å². The summed E-state index contributed by atoms with van der Waals surface area (Å²) in [5, 5.41) is 14.2. The van der Waals surface area contributed by atoms with Crippen molar-refractivity contribution in [1.82, 2.24) is 25.4 Å². The highest BCUT2D eigenvalue weighted by molar-refractivity contribution is 7.99. The van der Waals surface area contributed by atoms with Crippen molar-refractivity contribution in [2.24, 2.45) is 0 Å². The molecule has 12 heteroatoms. The van der Waals surface area contributed by atoms with Crippen LogP contribution in [0.4, 0.5) is 10.7 Å². The number of aromatic nitrogens is 3. The number of urea groups is 1. The highest BCUT2D eigenvalue weighted by Crippen LogP contribution is 2.25. The number of carbonyl (C=O) groups is 2. The van der Waals surface area contributed by atoms with Crippen LogP contribution in [0.2, 0.25) is 0 Å². The van der Waals surface area contributed by atoms with Gasteiger partial charge in [-0.15, -0.1) is 10.2 Å². The number of amides is 3. The Morgan fingerprint density at radius 2 is 2.10 bits per heavy atom. The summed E-state index contributed by atoms with van der Waals surface area (Å²) in [6.45, 7) is 4.37. The summed E-state index contributed by atoms with van der Waals surface area (Å²) < 4.78 is 18.4. The molecule has 11 nitrogen and oxygen atoms in total. The SMILES string of the molecule is O=C(CSc1nnc(N2CCOCC2)n1CC1CCCO1)NC(=O)NCc1ccco1. The monoisotopic (exact) mass is 450 g/mol. The highest BCUT2D eigenvalue weighted by Gasteiger charge is 2.25. The number of furan rings is 1. The highest BCUT2D eigenvalue weighted by atomic mass is 32.2. The van der Waals surface area contributed by atoms with Gasteiger partial charge in [0.1, 0.15) is 5.76 Å². The summed E-state index contributed by atoms with van der Waals surface area (Å²) in [5.74, 6) is 0.996. The number of hydrogen-bond acceptors (Lipinski definition) is 9. The fraction of sp³-hybridized carbons (Fsp3) is 0.579.